The predicted molar refractivity (Wildman–Crippen MR) is 126 cm³/mol. The number of thiazole rings is 1. The Kier molecular flexibility index (Phi) is 5.90. The molecule has 0 atom stereocenters. The van der Waals surface area contributed by atoms with Crippen LogP contribution in [0.4, 0.5) is 25.5 Å². The number of likely N-dealkylation sites (N-methyl/N-ethyl adjacent to an activating group) is 1. The molecule has 5 rings (SSSR count). The summed E-state index contributed by atoms with van der Waals surface area (Å²) in [6.07, 6.45) is 3.56. The molecule has 1 saturated heterocycles. The largest absolute Gasteiger partial charge is 0.421 e. The van der Waals surface area contributed by atoms with Gasteiger partial charge in [0, 0.05) is 49.4 Å². The van der Waals surface area contributed by atoms with Gasteiger partial charge >= 0.3 is 6.01 Å². The molecular weight excluding hydrogens is 470 g/mol. The van der Waals surface area contributed by atoms with Crippen molar-refractivity contribution >= 4 is 45.8 Å². The number of nitrogens with one attached hydrogen (secondary N) is 1. The first-order valence-corrected chi connectivity index (χ1v) is 11.6. The van der Waals surface area contributed by atoms with E-state index < -0.39 is 11.6 Å². The third kappa shape index (κ3) is 4.64. The molecule has 0 radical (unpaired) electrons. The topological polar surface area (TPSA) is 66.4 Å². The van der Waals surface area contributed by atoms with Gasteiger partial charge in [0.1, 0.15) is 21.8 Å². The minimum absolute atomic E-state index is 0.0893. The van der Waals surface area contributed by atoms with Crippen molar-refractivity contribution in [2.24, 2.45) is 0 Å². The van der Waals surface area contributed by atoms with E-state index in [9.17, 15) is 4.39 Å². The number of aromatic nitrogens is 3. The average molecular weight is 491 g/mol. The molecule has 1 fully saturated rings. The number of anilines is 3. The Hall–Kier alpha value is -2.82. The highest BCUT2D eigenvalue weighted by Gasteiger charge is 2.24. The molecule has 0 amide bonds. The van der Waals surface area contributed by atoms with Crippen LogP contribution in [-0.4, -0.2) is 53.1 Å². The van der Waals surface area contributed by atoms with Crippen LogP contribution in [0.5, 0.6) is 11.8 Å². The summed E-state index contributed by atoms with van der Waals surface area (Å²) in [6, 6.07) is 2.74. The fourth-order valence-electron chi connectivity index (χ4n) is 3.88. The number of hydrogen-bond donors (Lipinski definition) is 1. The SMILES string of the molecule is CC1=Cc2c(F)c(Oc3nc(Nc4ncc(Cl)s4)cc(N4CCN(C)CC4)n3)cc(F)c2C1. The van der Waals surface area contributed by atoms with E-state index in [4.69, 9.17) is 16.3 Å². The van der Waals surface area contributed by atoms with Crippen molar-refractivity contribution < 1.29 is 13.5 Å². The molecular formula is C22H21ClF2N6OS. The van der Waals surface area contributed by atoms with Gasteiger partial charge in [-0.2, -0.15) is 9.97 Å². The molecule has 3 heterocycles. The van der Waals surface area contributed by atoms with Crippen LogP contribution in [-0.2, 0) is 6.42 Å². The minimum atomic E-state index is -0.627. The highest BCUT2D eigenvalue weighted by molar-refractivity contribution is 7.19. The van der Waals surface area contributed by atoms with E-state index in [0.29, 0.717) is 33.1 Å². The van der Waals surface area contributed by atoms with Crippen LogP contribution in [0.2, 0.25) is 4.34 Å². The number of piperazine rings is 1. The van der Waals surface area contributed by atoms with Crippen LogP contribution in [0, 0.1) is 11.6 Å². The van der Waals surface area contributed by atoms with E-state index >= 15 is 4.39 Å². The smallest absolute Gasteiger partial charge is 0.326 e. The summed E-state index contributed by atoms with van der Waals surface area (Å²) in [5, 5.41) is 3.64. The van der Waals surface area contributed by atoms with Crippen molar-refractivity contribution in [1.29, 1.82) is 0 Å². The highest BCUT2D eigenvalue weighted by Crippen LogP contribution is 2.36. The van der Waals surface area contributed by atoms with Gasteiger partial charge in [0.2, 0.25) is 0 Å². The third-order valence-corrected chi connectivity index (χ3v) is 6.63. The first-order chi connectivity index (χ1) is 15.9. The molecule has 2 aromatic heterocycles. The van der Waals surface area contributed by atoms with Gasteiger partial charge in [-0.05, 0) is 20.4 Å². The van der Waals surface area contributed by atoms with Crippen LogP contribution >= 0.6 is 22.9 Å². The Bertz CT molecular complexity index is 1240. The van der Waals surface area contributed by atoms with Gasteiger partial charge in [0.05, 0.1) is 6.20 Å². The highest BCUT2D eigenvalue weighted by atomic mass is 35.5. The maximum absolute atomic E-state index is 15.1. The normalized spacial score (nSPS) is 16.0. The molecule has 11 heteroatoms. The average Bonchev–Trinajstić information content (AvgIpc) is 3.37. The van der Waals surface area contributed by atoms with E-state index in [1.54, 1.807) is 12.1 Å². The van der Waals surface area contributed by atoms with Crippen molar-refractivity contribution in [2.45, 2.75) is 13.3 Å². The quantitative estimate of drug-likeness (QED) is 0.533. The summed E-state index contributed by atoms with van der Waals surface area (Å²) in [5.41, 5.74) is 1.45. The molecule has 3 aromatic rings. The fraction of sp³-hybridized carbons (Fsp3) is 0.318. The molecule has 7 nitrogen and oxygen atoms in total. The number of fused-ring (bicyclic) bond motifs is 1. The lowest BCUT2D eigenvalue weighted by Crippen LogP contribution is -2.44. The Labute approximate surface area is 198 Å². The Morgan fingerprint density at radius 2 is 1.94 bits per heavy atom. The lowest BCUT2D eigenvalue weighted by atomic mass is 10.1. The van der Waals surface area contributed by atoms with E-state index in [2.05, 4.69) is 37.1 Å². The second kappa shape index (κ2) is 8.85. The fourth-order valence-corrected chi connectivity index (χ4v) is 4.70. The molecule has 1 N–H and O–H groups in total. The van der Waals surface area contributed by atoms with E-state index in [0.717, 1.165) is 37.8 Å². The summed E-state index contributed by atoms with van der Waals surface area (Å²) in [5.74, 6) is -0.358. The summed E-state index contributed by atoms with van der Waals surface area (Å²) in [4.78, 5) is 17.4. The second-order valence-electron chi connectivity index (χ2n) is 8.11. The molecule has 33 heavy (non-hydrogen) atoms. The van der Waals surface area contributed by atoms with Gasteiger partial charge in [0.25, 0.3) is 0 Å². The van der Waals surface area contributed by atoms with Crippen molar-refractivity contribution in [3.8, 4) is 11.8 Å². The van der Waals surface area contributed by atoms with E-state index in [-0.39, 0.29) is 17.3 Å². The monoisotopic (exact) mass is 490 g/mol. The molecule has 1 aliphatic heterocycles. The van der Waals surface area contributed by atoms with Gasteiger partial charge in [-0.3, -0.25) is 0 Å². The van der Waals surface area contributed by atoms with Crippen LogP contribution in [0.3, 0.4) is 0 Å². The number of benzene rings is 1. The molecule has 1 aromatic carbocycles. The van der Waals surface area contributed by atoms with Gasteiger partial charge < -0.3 is 19.9 Å². The zero-order chi connectivity index (χ0) is 23.1. The maximum atomic E-state index is 15.1. The van der Waals surface area contributed by atoms with E-state index in [1.165, 1.54) is 17.5 Å². The van der Waals surface area contributed by atoms with Gasteiger partial charge in [0.15, 0.2) is 16.7 Å². The van der Waals surface area contributed by atoms with Gasteiger partial charge in [-0.25, -0.2) is 13.8 Å². The lowest BCUT2D eigenvalue weighted by molar-refractivity contribution is 0.311. The van der Waals surface area contributed by atoms with E-state index in [1.807, 2.05) is 6.92 Å². The molecule has 172 valence electrons. The number of halogens is 3. The molecule has 1 aliphatic carbocycles. The van der Waals surface area contributed by atoms with Crippen molar-refractivity contribution in [2.75, 3.05) is 43.4 Å². The number of ether oxygens (including phenoxy) is 1. The summed E-state index contributed by atoms with van der Waals surface area (Å²) < 4.78 is 36.0. The Morgan fingerprint density at radius 1 is 1.15 bits per heavy atom. The number of hydrogen-bond acceptors (Lipinski definition) is 8. The van der Waals surface area contributed by atoms with Crippen LogP contribution in [0.25, 0.3) is 6.08 Å². The molecule has 0 unspecified atom stereocenters. The molecule has 0 spiro atoms. The number of nitrogens with zero attached hydrogens (tertiary/aromatic N) is 5. The van der Waals surface area contributed by atoms with Crippen LogP contribution < -0.4 is 15.0 Å². The Morgan fingerprint density at radius 3 is 2.67 bits per heavy atom. The predicted octanol–water partition coefficient (Wildman–Crippen LogP) is 5.11. The van der Waals surface area contributed by atoms with Crippen LogP contribution in [0.15, 0.2) is 23.9 Å². The first kappa shape index (κ1) is 22.0. The second-order valence-corrected chi connectivity index (χ2v) is 9.77. The van der Waals surface area contributed by atoms with Crippen molar-refractivity contribution in [1.82, 2.24) is 19.9 Å². The minimum Gasteiger partial charge on any atom is -0.421 e. The standard InChI is InChI=1S/C22H21ClF2N6OS/c1-12-7-13-14(8-12)20(25)16(9-15(13)24)32-21-27-18(28-22-26-11-17(23)33-22)10-19(29-21)31-5-3-30(2)4-6-31/h8-11H,3-7H2,1-2H3,(H,26,27,28,29). The summed E-state index contributed by atoms with van der Waals surface area (Å²) >= 11 is 7.24. The molecule has 0 bridgehead atoms. The maximum Gasteiger partial charge on any atom is 0.326 e. The number of rotatable bonds is 5. The lowest BCUT2D eigenvalue weighted by Gasteiger charge is -2.33. The van der Waals surface area contributed by atoms with Crippen molar-refractivity contribution in [3.05, 3.63) is 51.0 Å². The first-order valence-electron chi connectivity index (χ1n) is 10.4. The van der Waals surface area contributed by atoms with Gasteiger partial charge in [-0.1, -0.05) is 34.6 Å². The zero-order valence-corrected chi connectivity index (χ0v) is 19.6. The van der Waals surface area contributed by atoms with Crippen LogP contribution in [0.1, 0.15) is 18.1 Å². The third-order valence-electron chi connectivity index (χ3n) is 5.60. The molecule has 0 saturated carbocycles. The zero-order valence-electron chi connectivity index (χ0n) is 18.0. The molecule has 2 aliphatic rings. The summed E-state index contributed by atoms with van der Waals surface area (Å²) in [6.45, 7) is 5.12. The van der Waals surface area contributed by atoms with Gasteiger partial charge in [-0.15, -0.1) is 0 Å². The van der Waals surface area contributed by atoms with Crippen molar-refractivity contribution in [3.63, 3.8) is 0 Å². The number of allylic oxidation sites excluding steroid dienone is 1. The summed E-state index contributed by atoms with van der Waals surface area (Å²) in [7, 11) is 2.06. The Balaban J connectivity index is 1.50.